The van der Waals surface area contributed by atoms with Gasteiger partial charge in [0.15, 0.2) is 0 Å². The van der Waals surface area contributed by atoms with Gasteiger partial charge in [-0.05, 0) is 42.5 Å². The van der Waals surface area contributed by atoms with Crippen LogP contribution in [-0.4, -0.2) is 29.7 Å². The molecule has 3 rings (SSSR count). The first-order valence-corrected chi connectivity index (χ1v) is 8.16. The second kappa shape index (κ2) is 6.72. The van der Waals surface area contributed by atoms with E-state index in [1.165, 1.54) is 23.6 Å². The molecule has 0 aliphatic heterocycles. The van der Waals surface area contributed by atoms with Crippen molar-refractivity contribution in [2.45, 2.75) is 0 Å². The second-order valence-electron chi connectivity index (χ2n) is 5.81. The van der Waals surface area contributed by atoms with E-state index in [0.29, 0.717) is 27.4 Å². The molecular weight excluding hydrogens is 356 g/mol. The number of benzene rings is 2. The first kappa shape index (κ1) is 17.8. The molecule has 0 saturated heterocycles. The fraction of sp³-hybridized carbons (Fsp3) is 0.158. The first-order chi connectivity index (χ1) is 12.3. The monoisotopic (exact) mass is 372 g/mol. The van der Waals surface area contributed by atoms with Crippen molar-refractivity contribution < 1.29 is 14.6 Å². The number of hydrogen-bond donors (Lipinski definition) is 1. The third kappa shape index (κ3) is 2.88. The summed E-state index contributed by atoms with van der Waals surface area (Å²) in [5, 5.41) is 11.5. The van der Waals surface area contributed by atoms with Gasteiger partial charge in [0, 0.05) is 30.2 Å². The number of rotatable bonds is 3. The number of fused-ring (bicyclic) bond motifs is 1. The Morgan fingerprint density at radius 3 is 2.46 bits per heavy atom. The fourth-order valence-corrected chi connectivity index (χ4v) is 2.91. The molecule has 0 aliphatic carbocycles. The summed E-state index contributed by atoms with van der Waals surface area (Å²) in [6.07, 6.45) is 0. The van der Waals surface area contributed by atoms with Gasteiger partial charge >= 0.3 is 0 Å². The normalized spacial score (nSPS) is 10.8. The van der Waals surface area contributed by atoms with Crippen LogP contribution in [0.4, 0.5) is 5.69 Å². The fourth-order valence-electron chi connectivity index (χ4n) is 2.78. The van der Waals surface area contributed by atoms with Crippen molar-refractivity contribution in [2.24, 2.45) is 7.05 Å². The van der Waals surface area contributed by atoms with Crippen molar-refractivity contribution >= 4 is 34.1 Å². The minimum absolute atomic E-state index is 0.300. The predicted molar refractivity (Wildman–Crippen MR) is 102 cm³/mol. The molecule has 0 saturated carbocycles. The summed E-state index contributed by atoms with van der Waals surface area (Å²) >= 11 is 5.87. The Morgan fingerprint density at radius 1 is 1.19 bits per heavy atom. The van der Waals surface area contributed by atoms with Gasteiger partial charge < -0.3 is 19.3 Å². The number of nitrogens with zero attached hydrogens (tertiary/aromatic N) is 2. The van der Waals surface area contributed by atoms with Gasteiger partial charge in [-0.3, -0.25) is 9.59 Å². The lowest BCUT2D eigenvalue weighted by Crippen LogP contribution is -2.34. The topological polar surface area (TPSA) is 71.8 Å². The van der Waals surface area contributed by atoms with Crippen LogP contribution < -0.4 is 15.2 Å². The van der Waals surface area contributed by atoms with Crippen molar-refractivity contribution in [3.05, 3.63) is 63.4 Å². The number of anilines is 1. The van der Waals surface area contributed by atoms with Crippen LogP contribution in [0.1, 0.15) is 10.4 Å². The van der Waals surface area contributed by atoms with Crippen molar-refractivity contribution in [1.29, 1.82) is 0 Å². The average Bonchev–Trinajstić information content (AvgIpc) is 2.65. The van der Waals surface area contributed by atoms with Gasteiger partial charge in [0.05, 0.1) is 12.6 Å². The third-order valence-corrected chi connectivity index (χ3v) is 4.56. The van der Waals surface area contributed by atoms with Gasteiger partial charge in [-0.25, -0.2) is 0 Å². The minimum atomic E-state index is -0.616. The van der Waals surface area contributed by atoms with E-state index in [1.54, 1.807) is 49.5 Å². The molecule has 0 bridgehead atoms. The number of amides is 1. The molecule has 0 radical (unpaired) electrons. The average molecular weight is 373 g/mol. The Bertz CT molecular complexity index is 1060. The van der Waals surface area contributed by atoms with Crippen molar-refractivity contribution in [3.63, 3.8) is 0 Å². The zero-order chi connectivity index (χ0) is 19.0. The van der Waals surface area contributed by atoms with Gasteiger partial charge in [0.25, 0.3) is 11.5 Å². The molecule has 0 aliphatic rings. The highest BCUT2D eigenvalue weighted by Gasteiger charge is 2.25. The van der Waals surface area contributed by atoms with Crippen LogP contribution in [0.2, 0.25) is 5.02 Å². The highest BCUT2D eigenvalue weighted by Crippen LogP contribution is 2.30. The molecule has 1 aromatic heterocycles. The highest BCUT2D eigenvalue weighted by molar-refractivity contribution is 6.30. The van der Waals surface area contributed by atoms with E-state index in [9.17, 15) is 14.7 Å². The number of ether oxygens (including phenoxy) is 1. The smallest absolute Gasteiger partial charge is 0.267 e. The lowest BCUT2D eigenvalue weighted by molar-refractivity contribution is 0.0988. The number of aryl methyl sites for hydroxylation is 1. The molecule has 0 unspecified atom stereocenters. The molecule has 134 valence electrons. The number of halogens is 1. The maximum absolute atomic E-state index is 12.9. The Labute approximate surface area is 154 Å². The van der Waals surface area contributed by atoms with E-state index in [1.807, 2.05) is 0 Å². The maximum atomic E-state index is 12.9. The molecule has 1 heterocycles. The van der Waals surface area contributed by atoms with Gasteiger partial charge in [0.2, 0.25) is 0 Å². The Hall–Kier alpha value is -2.99. The predicted octanol–water partition coefficient (Wildman–Crippen LogP) is 3.18. The van der Waals surface area contributed by atoms with E-state index < -0.39 is 11.5 Å². The molecule has 26 heavy (non-hydrogen) atoms. The number of pyridine rings is 1. The minimum Gasteiger partial charge on any atom is -0.506 e. The lowest BCUT2D eigenvalue weighted by atomic mass is 10.1. The molecule has 6 nitrogen and oxygen atoms in total. The van der Waals surface area contributed by atoms with E-state index in [-0.39, 0.29) is 11.3 Å². The van der Waals surface area contributed by atoms with Crippen molar-refractivity contribution in [1.82, 2.24) is 4.57 Å². The number of methoxy groups -OCH3 is 1. The Morgan fingerprint density at radius 2 is 1.85 bits per heavy atom. The summed E-state index contributed by atoms with van der Waals surface area (Å²) in [5.74, 6) is -0.473. The third-order valence-electron chi connectivity index (χ3n) is 4.31. The van der Waals surface area contributed by atoms with Gasteiger partial charge in [-0.15, -0.1) is 0 Å². The molecule has 2 aromatic carbocycles. The SMILES string of the molecule is COc1ccc2c(c1)c(O)c(C(=O)N(C)c1ccc(Cl)cc1)c(=O)n2C. The summed E-state index contributed by atoms with van der Waals surface area (Å²) in [6.45, 7) is 0. The van der Waals surface area contributed by atoms with Gasteiger partial charge in [0.1, 0.15) is 17.1 Å². The highest BCUT2D eigenvalue weighted by atomic mass is 35.5. The largest absolute Gasteiger partial charge is 0.506 e. The molecule has 1 N–H and O–H groups in total. The van der Waals surface area contributed by atoms with E-state index in [0.717, 1.165) is 0 Å². The maximum Gasteiger partial charge on any atom is 0.267 e. The van der Waals surface area contributed by atoms with E-state index >= 15 is 0 Å². The van der Waals surface area contributed by atoms with E-state index in [4.69, 9.17) is 16.3 Å². The van der Waals surface area contributed by atoms with Crippen molar-refractivity contribution in [2.75, 3.05) is 19.1 Å². The van der Waals surface area contributed by atoms with Crippen molar-refractivity contribution in [3.8, 4) is 11.5 Å². The molecule has 0 spiro atoms. The molecule has 3 aromatic rings. The van der Waals surface area contributed by atoms with Crippen LogP contribution in [-0.2, 0) is 7.05 Å². The quantitative estimate of drug-likeness (QED) is 0.766. The summed E-state index contributed by atoms with van der Waals surface area (Å²) in [6, 6.07) is 11.5. The lowest BCUT2D eigenvalue weighted by Gasteiger charge is -2.19. The standard InChI is InChI=1S/C19H17ClN2O4/c1-21(12-6-4-11(20)5-7-12)18(24)16-17(23)14-10-13(26-3)8-9-15(14)22(2)19(16)25/h4-10,23H,1-3H3. The van der Waals surface area contributed by atoms with Crippen LogP contribution in [0.25, 0.3) is 10.9 Å². The zero-order valence-corrected chi connectivity index (χ0v) is 15.2. The summed E-state index contributed by atoms with van der Waals surface area (Å²) in [5.41, 5.74) is 0.169. The number of carbonyl (C=O) groups is 1. The second-order valence-corrected chi connectivity index (χ2v) is 6.25. The first-order valence-electron chi connectivity index (χ1n) is 7.78. The summed E-state index contributed by atoms with van der Waals surface area (Å²) < 4.78 is 6.50. The van der Waals surface area contributed by atoms with Gasteiger partial charge in [-0.2, -0.15) is 0 Å². The number of aromatic nitrogens is 1. The molecule has 1 amide bonds. The number of aromatic hydroxyl groups is 1. The molecule has 7 heteroatoms. The van der Waals surface area contributed by atoms with Crippen LogP contribution in [0.15, 0.2) is 47.3 Å². The van der Waals surface area contributed by atoms with Crippen LogP contribution in [0.3, 0.4) is 0 Å². The number of carbonyl (C=O) groups excluding carboxylic acids is 1. The van der Waals surface area contributed by atoms with Crippen LogP contribution >= 0.6 is 11.6 Å². The molecular formula is C19H17ClN2O4. The van der Waals surface area contributed by atoms with Gasteiger partial charge in [-0.1, -0.05) is 11.6 Å². The molecule has 0 fully saturated rings. The van der Waals surface area contributed by atoms with Crippen LogP contribution in [0, 0.1) is 0 Å². The van der Waals surface area contributed by atoms with E-state index in [2.05, 4.69) is 0 Å². The Balaban J connectivity index is 2.18. The Kier molecular flexibility index (Phi) is 4.61. The zero-order valence-electron chi connectivity index (χ0n) is 14.5. The number of hydrogen-bond acceptors (Lipinski definition) is 4. The summed E-state index contributed by atoms with van der Waals surface area (Å²) in [4.78, 5) is 26.9. The summed E-state index contributed by atoms with van der Waals surface area (Å²) in [7, 11) is 4.58. The van der Waals surface area contributed by atoms with Crippen LogP contribution in [0.5, 0.6) is 11.5 Å². The molecule has 0 atom stereocenters.